The monoisotopic (exact) mass is 399 g/mol. The SMILES string of the molecule is N#Cc1ccc(-c2n[nH]c3ccc(-c4n[nH]c(C5CCCN5C(=O)O)n4)cc23)cc1. The van der Waals surface area contributed by atoms with Gasteiger partial charge in [0.05, 0.1) is 28.9 Å². The Hall–Kier alpha value is -4.19. The van der Waals surface area contributed by atoms with Crippen molar-refractivity contribution < 1.29 is 9.90 Å². The van der Waals surface area contributed by atoms with Crippen LogP contribution in [-0.2, 0) is 0 Å². The largest absolute Gasteiger partial charge is 0.465 e. The van der Waals surface area contributed by atoms with Crippen LogP contribution in [0, 0.1) is 11.3 Å². The van der Waals surface area contributed by atoms with Gasteiger partial charge in [0, 0.05) is 23.1 Å². The predicted molar refractivity (Wildman–Crippen MR) is 108 cm³/mol. The summed E-state index contributed by atoms with van der Waals surface area (Å²) < 4.78 is 0. The number of nitrogens with one attached hydrogen (secondary N) is 2. The van der Waals surface area contributed by atoms with Crippen LogP contribution in [0.25, 0.3) is 33.5 Å². The number of rotatable bonds is 3. The number of H-pyrrole nitrogens is 2. The number of hydrogen-bond donors (Lipinski definition) is 3. The van der Waals surface area contributed by atoms with Gasteiger partial charge < -0.3 is 5.11 Å². The van der Waals surface area contributed by atoms with Crippen LogP contribution in [0.15, 0.2) is 42.5 Å². The third kappa shape index (κ3) is 2.95. The number of nitriles is 1. The highest BCUT2D eigenvalue weighted by molar-refractivity contribution is 5.95. The van der Waals surface area contributed by atoms with E-state index in [0.29, 0.717) is 23.8 Å². The minimum Gasteiger partial charge on any atom is -0.465 e. The van der Waals surface area contributed by atoms with E-state index in [-0.39, 0.29) is 6.04 Å². The van der Waals surface area contributed by atoms with Crippen molar-refractivity contribution in [1.29, 1.82) is 5.26 Å². The molecule has 0 bridgehead atoms. The van der Waals surface area contributed by atoms with E-state index >= 15 is 0 Å². The maximum absolute atomic E-state index is 11.4. The van der Waals surface area contributed by atoms with E-state index in [9.17, 15) is 9.90 Å². The van der Waals surface area contributed by atoms with Crippen molar-refractivity contribution in [2.24, 2.45) is 0 Å². The standard InChI is InChI=1S/C21H17N7O2/c22-11-12-3-5-13(6-4-12)18-15-10-14(7-8-16(15)24-25-18)19-23-20(27-26-19)17-2-1-9-28(17)21(29)30/h3-8,10,17H,1-2,9H2,(H,24,25)(H,29,30)(H,23,26,27). The minimum atomic E-state index is -0.942. The van der Waals surface area contributed by atoms with Gasteiger partial charge in [-0.05, 0) is 43.2 Å². The molecule has 3 N–H and O–H groups in total. The second-order valence-corrected chi connectivity index (χ2v) is 7.20. The number of hydrogen-bond acceptors (Lipinski definition) is 5. The Bertz CT molecular complexity index is 1280. The molecule has 148 valence electrons. The van der Waals surface area contributed by atoms with Gasteiger partial charge in [0.1, 0.15) is 5.82 Å². The summed E-state index contributed by atoms with van der Waals surface area (Å²) in [5.41, 5.74) is 3.95. The lowest BCUT2D eigenvalue weighted by Crippen LogP contribution is -2.29. The van der Waals surface area contributed by atoms with Gasteiger partial charge in [0.2, 0.25) is 0 Å². The molecule has 1 fully saturated rings. The molecular weight excluding hydrogens is 382 g/mol. The normalized spacial score (nSPS) is 16.1. The van der Waals surface area contributed by atoms with Gasteiger partial charge in [0.25, 0.3) is 0 Å². The van der Waals surface area contributed by atoms with Crippen LogP contribution in [-0.4, -0.2) is 48.0 Å². The van der Waals surface area contributed by atoms with Crippen molar-refractivity contribution in [3.63, 3.8) is 0 Å². The molecule has 0 spiro atoms. The zero-order chi connectivity index (χ0) is 20.7. The van der Waals surface area contributed by atoms with Gasteiger partial charge in [-0.15, -0.1) is 0 Å². The smallest absolute Gasteiger partial charge is 0.407 e. The molecule has 0 saturated carbocycles. The second-order valence-electron chi connectivity index (χ2n) is 7.20. The van der Waals surface area contributed by atoms with E-state index < -0.39 is 6.09 Å². The van der Waals surface area contributed by atoms with Crippen LogP contribution in [0.2, 0.25) is 0 Å². The second kappa shape index (κ2) is 7.00. The van der Waals surface area contributed by atoms with Crippen LogP contribution < -0.4 is 0 Å². The number of aromatic nitrogens is 5. The van der Waals surface area contributed by atoms with Crippen LogP contribution in [0.5, 0.6) is 0 Å². The average molecular weight is 399 g/mol. The van der Waals surface area contributed by atoms with Gasteiger partial charge in [-0.1, -0.05) is 12.1 Å². The minimum absolute atomic E-state index is 0.296. The molecule has 0 radical (unpaired) electrons. The fourth-order valence-electron chi connectivity index (χ4n) is 3.91. The summed E-state index contributed by atoms with van der Waals surface area (Å²) in [6, 6.07) is 14.9. The van der Waals surface area contributed by atoms with Crippen molar-refractivity contribution in [2.45, 2.75) is 18.9 Å². The first-order valence-electron chi connectivity index (χ1n) is 9.55. The number of aromatic amines is 2. The first kappa shape index (κ1) is 17.9. The number of amides is 1. The van der Waals surface area contributed by atoms with Crippen LogP contribution in [0.3, 0.4) is 0 Å². The number of likely N-dealkylation sites (tertiary alicyclic amines) is 1. The molecule has 1 amide bonds. The van der Waals surface area contributed by atoms with Crippen LogP contribution >= 0.6 is 0 Å². The van der Waals surface area contributed by atoms with Crippen molar-refractivity contribution in [3.8, 4) is 28.7 Å². The Morgan fingerprint density at radius 1 is 1.13 bits per heavy atom. The molecule has 0 aliphatic carbocycles. The molecule has 3 heterocycles. The number of fused-ring (bicyclic) bond motifs is 1. The highest BCUT2D eigenvalue weighted by atomic mass is 16.4. The zero-order valence-corrected chi connectivity index (χ0v) is 15.8. The Balaban J connectivity index is 1.51. The molecule has 2 aromatic heterocycles. The fraction of sp³-hybridized carbons (Fsp3) is 0.190. The third-order valence-electron chi connectivity index (χ3n) is 5.43. The lowest BCUT2D eigenvalue weighted by Gasteiger charge is -2.18. The molecule has 9 heteroatoms. The summed E-state index contributed by atoms with van der Waals surface area (Å²) in [7, 11) is 0. The van der Waals surface area contributed by atoms with Crippen LogP contribution in [0.1, 0.15) is 30.3 Å². The molecule has 9 nitrogen and oxygen atoms in total. The summed E-state index contributed by atoms with van der Waals surface area (Å²) in [6.07, 6.45) is 0.592. The maximum Gasteiger partial charge on any atom is 0.407 e. The molecule has 1 unspecified atom stereocenters. The first-order valence-corrected chi connectivity index (χ1v) is 9.55. The van der Waals surface area contributed by atoms with Gasteiger partial charge in [-0.2, -0.15) is 15.5 Å². The molecule has 1 aliphatic heterocycles. The van der Waals surface area contributed by atoms with Crippen molar-refractivity contribution in [2.75, 3.05) is 6.54 Å². The third-order valence-corrected chi connectivity index (χ3v) is 5.43. The Labute approximate surface area is 171 Å². The molecule has 30 heavy (non-hydrogen) atoms. The number of carbonyl (C=O) groups is 1. The molecule has 1 atom stereocenters. The fourth-order valence-corrected chi connectivity index (χ4v) is 3.91. The topological polar surface area (TPSA) is 135 Å². The van der Waals surface area contributed by atoms with E-state index in [2.05, 4.69) is 31.4 Å². The molecule has 1 saturated heterocycles. The Morgan fingerprint density at radius 2 is 1.93 bits per heavy atom. The summed E-state index contributed by atoms with van der Waals surface area (Å²) in [5, 5.41) is 34.0. The lowest BCUT2D eigenvalue weighted by molar-refractivity contribution is 0.138. The Kier molecular flexibility index (Phi) is 4.17. The quantitative estimate of drug-likeness (QED) is 0.481. The van der Waals surface area contributed by atoms with E-state index in [0.717, 1.165) is 40.6 Å². The van der Waals surface area contributed by atoms with Crippen molar-refractivity contribution >= 4 is 17.0 Å². The molecule has 1 aliphatic rings. The zero-order valence-electron chi connectivity index (χ0n) is 15.8. The first-order chi connectivity index (χ1) is 14.6. The average Bonchev–Trinajstić information content (AvgIpc) is 3.52. The number of nitrogens with zero attached hydrogens (tertiary/aromatic N) is 5. The highest BCUT2D eigenvalue weighted by Gasteiger charge is 2.32. The maximum atomic E-state index is 11.4. The van der Waals surface area contributed by atoms with Gasteiger partial charge in [0.15, 0.2) is 5.82 Å². The summed E-state index contributed by atoms with van der Waals surface area (Å²) in [5.74, 6) is 1.07. The summed E-state index contributed by atoms with van der Waals surface area (Å²) in [4.78, 5) is 17.4. The van der Waals surface area contributed by atoms with E-state index in [1.54, 1.807) is 12.1 Å². The molecule has 2 aromatic carbocycles. The van der Waals surface area contributed by atoms with E-state index in [1.165, 1.54) is 4.90 Å². The molecular formula is C21H17N7O2. The summed E-state index contributed by atoms with van der Waals surface area (Å²) >= 11 is 0. The van der Waals surface area contributed by atoms with Crippen molar-refractivity contribution in [1.82, 2.24) is 30.3 Å². The van der Waals surface area contributed by atoms with Crippen LogP contribution in [0.4, 0.5) is 4.79 Å². The summed E-state index contributed by atoms with van der Waals surface area (Å²) in [6.45, 7) is 0.505. The van der Waals surface area contributed by atoms with E-state index in [4.69, 9.17) is 5.26 Å². The van der Waals surface area contributed by atoms with E-state index in [1.807, 2.05) is 30.3 Å². The van der Waals surface area contributed by atoms with Gasteiger partial charge >= 0.3 is 6.09 Å². The number of benzene rings is 2. The van der Waals surface area contributed by atoms with Crippen molar-refractivity contribution in [3.05, 3.63) is 53.9 Å². The van der Waals surface area contributed by atoms with Gasteiger partial charge in [-0.3, -0.25) is 15.1 Å². The molecule has 5 rings (SSSR count). The number of carboxylic acid groups (broad SMARTS) is 1. The Morgan fingerprint density at radius 3 is 2.70 bits per heavy atom. The predicted octanol–water partition coefficient (Wildman–Crippen LogP) is 3.70. The lowest BCUT2D eigenvalue weighted by atomic mass is 10.0. The van der Waals surface area contributed by atoms with Gasteiger partial charge in [-0.25, -0.2) is 9.78 Å². The highest BCUT2D eigenvalue weighted by Crippen LogP contribution is 2.32. The molecule has 4 aromatic rings.